The second-order valence-electron chi connectivity index (χ2n) is 5.62. The largest absolute Gasteiger partial charge is 0.404 e. The molecule has 2 rings (SSSR count). The molecular weight excluding hydrogens is 281 g/mol. The molecule has 1 heterocycles. The minimum absolute atomic E-state index is 0.0296. The number of β-amino-alcohol motifs (C(OH)–C–C–N with tert-alkyl or cyclic N) is 1. The molecule has 1 aromatic rings. The molecule has 0 unspecified atom stereocenters. The molecule has 0 spiro atoms. The predicted molar refractivity (Wildman–Crippen MR) is 74.8 cm³/mol. The summed E-state index contributed by atoms with van der Waals surface area (Å²) in [4.78, 5) is 1.30. The summed E-state index contributed by atoms with van der Waals surface area (Å²) in [5.41, 5.74) is 6.89. The third-order valence-corrected chi connectivity index (χ3v) is 3.97. The van der Waals surface area contributed by atoms with Gasteiger partial charge in [-0.1, -0.05) is 30.3 Å². The van der Waals surface area contributed by atoms with Gasteiger partial charge in [0.25, 0.3) is 0 Å². The van der Waals surface area contributed by atoms with Crippen molar-refractivity contribution in [1.82, 2.24) is 4.90 Å². The van der Waals surface area contributed by atoms with Gasteiger partial charge in [-0.3, -0.25) is 4.90 Å². The zero-order valence-corrected chi connectivity index (χ0v) is 11.8. The van der Waals surface area contributed by atoms with E-state index in [0.717, 1.165) is 5.56 Å². The van der Waals surface area contributed by atoms with Crippen LogP contribution in [-0.2, 0) is 6.42 Å². The number of aliphatic hydroxyl groups excluding tert-OH is 1. The van der Waals surface area contributed by atoms with E-state index in [4.69, 9.17) is 5.73 Å². The van der Waals surface area contributed by atoms with Crippen molar-refractivity contribution in [2.75, 3.05) is 13.1 Å². The molecule has 0 radical (unpaired) electrons. The van der Waals surface area contributed by atoms with Crippen molar-refractivity contribution >= 4 is 0 Å². The summed E-state index contributed by atoms with van der Waals surface area (Å²) < 4.78 is 38.6. The highest BCUT2D eigenvalue weighted by atomic mass is 19.4. The molecule has 0 aromatic heterocycles. The van der Waals surface area contributed by atoms with Crippen molar-refractivity contribution in [1.29, 1.82) is 0 Å². The third-order valence-electron chi connectivity index (χ3n) is 3.97. The van der Waals surface area contributed by atoms with Gasteiger partial charge in [-0.25, -0.2) is 0 Å². The molecule has 6 heteroatoms. The van der Waals surface area contributed by atoms with Crippen molar-refractivity contribution in [2.24, 2.45) is 5.73 Å². The number of hydrogen-bond acceptors (Lipinski definition) is 3. The fourth-order valence-electron chi connectivity index (χ4n) is 2.81. The lowest BCUT2D eigenvalue weighted by atomic mass is 10.0. The van der Waals surface area contributed by atoms with E-state index in [1.165, 1.54) is 4.90 Å². The average molecular weight is 302 g/mol. The fourth-order valence-corrected chi connectivity index (χ4v) is 2.81. The Balaban J connectivity index is 1.90. The van der Waals surface area contributed by atoms with E-state index in [0.29, 0.717) is 19.4 Å². The summed E-state index contributed by atoms with van der Waals surface area (Å²) in [6.07, 6.45) is -4.14. The molecular formula is C15H21F3N2O. The highest BCUT2D eigenvalue weighted by Gasteiger charge is 2.46. The van der Waals surface area contributed by atoms with Crippen molar-refractivity contribution in [3.8, 4) is 0 Å². The van der Waals surface area contributed by atoms with Crippen LogP contribution in [0.1, 0.15) is 18.4 Å². The lowest BCUT2D eigenvalue weighted by Crippen LogP contribution is -2.49. The predicted octanol–water partition coefficient (Wildman–Crippen LogP) is 1.94. The van der Waals surface area contributed by atoms with E-state index < -0.39 is 24.4 Å². The quantitative estimate of drug-likeness (QED) is 0.874. The average Bonchev–Trinajstić information content (AvgIpc) is 2.88. The van der Waals surface area contributed by atoms with Gasteiger partial charge in [0.1, 0.15) is 6.04 Å². The van der Waals surface area contributed by atoms with E-state index in [2.05, 4.69) is 0 Å². The first kappa shape index (κ1) is 16.3. The third kappa shape index (κ3) is 4.43. The minimum atomic E-state index is -4.24. The van der Waals surface area contributed by atoms with Crippen LogP contribution < -0.4 is 5.73 Å². The van der Waals surface area contributed by atoms with Crippen LogP contribution in [0.5, 0.6) is 0 Å². The number of likely N-dealkylation sites (tertiary alicyclic amines) is 1. The molecule has 0 amide bonds. The van der Waals surface area contributed by atoms with Gasteiger partial charge in [-0.2, -0.15) is 13.2 Å². The summed E-state index contributed by atoms with van der Waals surface area (Å²) in [6.45, 7) is 0.331. The molecule has 3 N–H and O–H groups in total. The molecule has 0 aliphatic carbocycles. The van der Waals surface area contributed by atoms with Crippen LogP contribution in [-0.4, -0.2) is 47.5 Å². The maximum absolute atomic E-state index is 12.9. The maximum atomic E-state index is 12.9. The normalized spacial score (nSPS) is 23.2. The molecule has 1 aliphatic rings. The number of halogens is 3. The molecule has 1 fully saturated rings. The Labute approximate surface area is 122 Å². The van der Waals surface area contributed by atoms with Crippen LogP contribution in [0.3, 0.4) is 0 Å². The van der Waals surface area contributed by atoms with Crippen molar-refractivity contribution in [3.05, 3.63) is 35.9 Å². The van der Waals surface area contributed by atoms with E-state index >= 15 is 0 Å². The molecule has 3 nitrogen and oxygen atoms in total. The van der Waals surface area contributed by atoms with E-state index in [9.17, 15) is 18.3 Å². The van der Waals surface area contributed by atoms with Crippen LogP contribution in [0, 0.1) is 0 Å². The molecule has 1 aliphatic heterocycles. The molecule has 118 valence electrons. The molecule has 21 heavy (non-hydrogen) atoms. The summed E-state index contributed by atoms with van der Waals surface area (Å²) in [5.74, 6) is 0. The van der Waals surface area contributed by atoms with Gasteiger partial charge in [0, 0.05) is 12.6 Å². The van der Waals surface area contributed by atoms with Gasteiger partial charge >= 0.3 is 6.18 Å². The summed E-state index contributed by atoms with van der Waals surface area (Å²) >= 11 is 0. The summed E-state index contributed by atoms with van der Waals surface area (Å²) in [6, 6.07) is 7.38. The van der Waals surface area contributed by atoms with Crippen LogP contribution in [0.15, 0.2) is 30.3 Å². The first-order chi connectivity index (χ1) is 9.88. The SMILES string of the molecule is N[C@@H](Cc1ccccc1)[C@H](O)CN1CCC[C@H]1C(F)(F)F. The molecule has 0 bridgehead atoms. The molecule has 0 saturated carbocycles. The topological polar surface area (TPSA) is 49.5 Å². The standard InChI is InChI=1S/C15H21F3N2O/c16-15(17,18)14-7-4-8-20(14)10-13(21)12(19)9-11-5-2-1-3-6-11/h1-3,5-6,12-14,21H,4,7-10,19H2/t12-,13+,14-/m0/s1. The Morgan fingerprint density at radius 2 is 1.95 bits per heavy atom. The van der Waals surface area contributed by atoms with Crippen LogP contribution >= 0.6 is 0 Å². The maximum Gasteiger partial charge on any atom is 0.404 e. The Morgan fingerprint density at radius 3 is 2.57 bits per heavy atom. The number of nitrogens with zero attached hydrogens (tertiary/aromatic N) is 1. The lowest BCUT2D eigenvalue weighted by molar-refractivity contribution is -0.178. The number of nitrogens with two attached hydrogens (primary N) is 1. The van der Waals surface area contributed by atoms with Gasteiger partial charge < -0.3 is 10.8 Å². The minimum Gasteiger partial charge on any atom is -0.390 e. The molecule has 3 atom stereocenters. The Morgan fingerprint density at radius 1 is 1.29 bits per heavy atom. The number of alkyl halides is 3. The summed E-state index contributed by atoms with van der Waals surface area (Å²) in [7, 11) is 0. The van der Waals surface area contributed by atoms with Crippen LogP contribution in [0.4, 0.5) is 13.2 Å². The van der Waals surface area contributed by atoms with Gasteiger partial charge in [0.05, 0.1) is 6.10 Å². The second kappa shape index (κ2) is 6.77. The number of aliphatic hydroxyl groups is 1. The Bertz CT molecular complexity index is 438. The smallest absolute Gasteiger partial charge is 0.390 e. The van der Waals surface area contributed by atoms with Crippen LogP contribution in [0.25, 0.3) is 0 Å². The second-order valence-corrected chi connectivity index (χ2v) is 5.62. The van der Waals surface area contributed by atoms with Crippen LogP contribution in [0.2, 0.25) is 0 Å². The monoisotopic (exact) mass is 302 g/mol. The molecule has 1 saturated heterocycles. The van der Waals surface area contributed by atoms with E-state index in [1.807, 2.05) is 30.3 Å². The van der Waals surface area contributed by atoms with Gasteiger partial charge in [0.2, 0.25) is 0 Å². The van der Waals surface area contributed by atoms with Gasteiger partial charge in [-0.15, -0.1) is 0 Å². The number of hydrogen-bond donors (Lipinski definition) is 2. The van der Waals surface area contributed by atoms with Crippen molar-refractivity contribution < 1.29 is 18.3 Å². The molecule has 1 aromatic carbocycles. The fraction of sp³-hybridized carbons (Fsp3) is 0.600. The zero-order valence-electron chi connectivity index (χ0n) is 11.8. The van der Waals surface area contributed by atoms with E-state index in [1.54, 1.807) is 0 Å². The first-order valence-corrected chi connectivity index (χ1v) is 7.16. The first-order valence-electron chi connectivity index (χ1n) is 7.16. The Hall–Kier alpha value is -1.11. The van der Waals surface area contributed by atoms with E-state index in [-0.39, 0.29) is 13.0 Å². The van der Waals surface area contributed by atoms with Crippen molar-refractivity contribution in [2.45, 2.75) is 43.6 Å². The Kier molecular flexibility index (Phi) is 5.24. The van der Waals surface area contributed by atoms with Gasteiger partial charge in [0.15, 0.2) is 0 Å². The lowest BCUT2D eigenvalue weighted by Gasteiger charge is -2.30. The highest BCUT2D eigenvalue weighted by Crippen LogP contribution is 2.32. The van der Waals surface area contributed by atoms with Gasteiger partial charge in [-0.05, 0) is 31.4 Å². The summed E-state index contributed by atoms with van der Waals surface area (Å²) in [5, 5.41) is 10.1. The number of rotatable bonds is 5. The zero-order chi connectivity index (χ0) is 15.5. The van der Waals surface area contributed by atoms with Crippen molar-refractivity contribution in [3.63, 3.8) is 0 Å². The highest BCUT2D eigenvalue weighted by molar-refractivity contribution is 5.16. The number of benzene rings is 1.